The second kappa shape index (κ2) is 6.31. The minimum Gasteiger partial charge on any atom is -0.350 e. The number of aromatic nitrogens is 2. The molecule has 0 atom stereocenters. The highest BCUT2D eigenvalue weighted by atomic mass is 35.5. The highest BCUT2D eigenvalue weighted by Crippen LogP contribution is 2.22. The third-order valence-corrected chi connectivity index (χ3v) is 2.59. The Morgan fingerprint density at radius 2 is 2.05 bits per heavy atom. The Morgan fingerprint density at radius 3 is 2.60 bits per heavy atom. The van der Waals surface area contributed by atoms with Gasteiger partial charge in [-0.15, -0.1) is 0 Å². The number of hydrogen-bond donors (Lipinski definition) is 1. The van der Waals surface area contributed by atoms with Gasteiger partial charge in [0.2, 0.25) is 0 Å². The largest absolute Gasteiger partial charge is 0.350 e. The van der Waals surface area contributed by atoms with Crippen LogP contribution in [0.2, 0.25) is 10.3 Å². The van der Waals surface area contributed by atoms with E-state index in [1.807, 2.05) is 0 Å². The van der Waals surface area contributed by atoms with Gasteiger partial charge in [0.15, 0.2) is 0 Å². The summed E-state index contributed by atoms with van der Waals surface area (Å²) in [5, 5.41) is 5.23. The summed E-state index contributed by atoms with van der Waals surface area (Å²) in [4.78, 5) is 19.2. The highest BCUT2D eigenvalue weighted by molar-refractivity contribution is 6.33. The molecule has 2 heterocycles. The molecule has 2 amide bonds. The SMILES string of the molecule is NC(=O)N(/N=C/c1cccnc1)c1cc(Cl)nc(Cl)c1. The summed E-state index contributed by atoms with van der Waals surface area (Å²) in [5.41, 5.74) is 6.32. The molecule has 20 heavy (non-hydrogen) atoms. The number of rotatable bonds is 3. The van der Waals surface area contributed by atoms with Crippen LogP contribution in [0.3, 0.4) is 0 Å². The number of carbonyl (C=O) groups is 1. The lowest BCUT2D eigenvalue weighted by Crippen LogP contribution is -2.31. The van der Waals surface area contributed by atoms with Gasteiger partial charge in [-0.2, -0.15) is 10.1 Å². The number of hydrazone groups is 1. The van der Waals surface area contributed by atoms with Gasteiger partial charge in [-0.25, -0.2) is 9.78 Å². The molecule has 0 radical (unpaired) electrons. The van der Waals surface area contributed by atoms with Crippen molar-refractivity contribution in [1.29, 1.82) is 0 Å². The van der Waals surface area contributed by atoms with Gasteiger partial charge in [0.05, 0.1) is 11.9 Å². The van der Waals surface area contributed by atoms with E-state index in [2.05, 4.69) is 15.1 Å². The Bertz CT molecular complexity index is 627. The van der Waals surface area contributed by atoms with Crippen molar-refractivity contribution in [2.24, 2.45) is 10.8 Å². The van der Waals surface area contributed by atoms with Gasteiger partial charge in [0.1, 0.15) is 10.3 Å². The monoisotopic (exact) mass is 309 g/mol. The van der Waals surface area contributed by atoms with E-state index < -0.39 is 6.03 Å². The molecular weight excluding hydrogens is 301 g/mol. The first kappa shape index (κ1) is 14.2. The maximum atomic E-state index is 11.5. The first-order valence-electron chi connectivity index (χ1n) is 5.43. The lowest BCUT2D eigenvalue weighted by atomic mass is 10.3. The van der Waals surface area contributed by atoms with E-state index in [-0.39, 0.29) is 10.3 Å². The first-order chi connectivity index (χ1) is 9.56. The van der Waals surface area contributed by atoms with Crippen molar-refractivity contribution in [3.8, 4) is 0 Å². The van der Waals surface area contributed by atoms with Gasteiger partial charge < -0.3 is 5.73 Å². The second-order valence-corrected chi connectivity index (χ2v) is 4.43. The van der Waals surface area contributed by atoms with Gasteiger partial charge in [0.25, 0.3) is 0 Å². The molecule has 0 aliphatic heterocycles. The Balaban J connectivity index is 2.32. The van der Waals surface area contributed by atoms with Crippen LogP contribution in [0.1, 0.15) is 5.56 Å². The van der Waals surface area contributed by atoms with E-state index in [0.717, 1.165) is 5.01 Å². The topological polar surface area (TPSA) is 84.5 Å². The van der Waals surface area contributed by atoms with Crippen LogP contribution in [-0.4, -0.2) is 22.2 Å². The summed E-state index contributed by atoms with van der Waals surface area (Å²) in [6, 6.07) is 5.61. The van der Waals surface area contributed by atoms with Gasteiger partial charge in [-0.05, 0) is 6.07 Å². The Labute approximate surface area is 124 Å². The minimum atomic E-state index is -0.775. The van der Waals surface area contributed by atoms with Gasteiger partial charge in [0, 0.05) is 30.1 Å². The molecule has 2 aromatic heterocycles. The first-order valence-corrected chi connectivity index (χ1v) is 6.18. The second-order valence-electron chi connectivity index (χ2n) is 3.65. The van der Waals surface area contributed by atoms with Crippen LogP contribution >= 0.6 is 23.2 Å². The molecule has 0 aliphatic rings. The predicted molar refractivity (Wildman–Crippen MR) is 78.2 cm³/mol. The van der Waals surface area contributed by atoms with Crippen LogP contribution in [0.4, 0.5) is 10.5 Å². The van der Waals surface area contributed by atoms with Crippen LogP contribution in [0.5, 0.6) is 0 Å². The van der Waals surface area contributed by atoms with E-state index >= 15 is 0 Å². The lowest BCUT2D eigenvalue weighted by molar-refractivity contribution is 0.254. The zero-order valence-electron chi connectivity index (χ0n) is 10.1. The van der Waals surface area contributed by atoms with Crippen molar-refractivity contribution in [2.45, 2.75) is 0 Å². The molecule has 0 saturated heterocycles. The number of anilines is 1. The lowest BCUT2D eigenvalue weighted by Gasteiger charge is -2.14. The van der Waals surface area contributed by atoms with E-state index in [0.29, 0.717) is 11.3 Å². The third kappa shape index (κ3) is 3.66. The van der Waals surface area contributed by atoms with Gasteiger partial charge in [-0.3, -0.25) is 4.98 Å². The molecule has 0 aromatic carbocycles. The molecule has 0 unspecified atom stereocenters. The smallest absolute Gasteiger partial charge is 0.340 e. The maximum Gasteiger partial charge on any atom is 0.340 e. The standard InChI is InChI=1S/C12H9Cl2N5O/c13-10-4-9(5-11(14)18-10)19(12(15)20)17-7-8-2-1-3-16-6-8/h1-7H,(H2,15,20)/b17-7+. The van der Waals surface area contributed by atoms with Gasteiger partial charge in [-0.1, -0.05) is 29.3 Å². The van der Waals surface area contributed by atoms with Crippen molar-refractivity contribution < 1.29 is 4.79 Å². The van der Waals surface area contributed by atoms with E-state index in [4.69, 9.17) is 28.9 Å². The Morgan fingerprint density at radius 1 is 1.35 bits per heavy atom. The fourth-order valence-electron chi connectivity index (χ4n) is 1.40. The number of nitrogens with zero attached hydrogens (tertiary/aromatic N) is 4. The number of nitrogens with two attached hydrogens (primary N) is 1. The fourth-order valence-corrected chi connectivity index (χ4v) is 1.85. The molecule has 2 N–H and O–H groups in total. The molecular formula is C12H9Cl2N5O. The molecule has 8 heteroatoms. The minimum absolute atomic E-state index is 0.135. The average Bonchev–Trinajstić information content (AvgIpc) is 2.38. The zero-order valence-corrected chi connectivity index (χ0v) is 11.6. The van der Waals surface area contributed by atoms with E-state index in [1.54, 1.807) is 24.5 Å². The fraction of sp³-hybridized carbons (Fsp3) is 0. The molecule has 0 saturated carbocycles. The quantitative estimate of drug-likeness (QED) is 0.537. The van der Waals surface area contributed by atoms with Crippen LogP contribution in [-0.2, 0) is 0 Å². The highest BCUT2D eigenvalue weighted by Gasteiger charge is 2.13. The summed E-state index contributed by atoms with van der Waals surface area (Å²) in [6.45, 7) is 0. The number of halogens is 2. The number of primary amides is 1. The summed E-state index contributed by atoms with van der Waals surface area (Å²) in [7, 11) is 0. The molecule has 2 rings (SSSR count). The molecule has 102 valence electrons. The summed E-state index contributed by atoms with van der Waals surface area (Å²) < 4.78 is 0. The molecule has 0 aliphatic carbocycles. The normalized spacial score (nSPS) is 10.7. The molecule has 2 aromatic rings. The van der Waals surface area contributed by atoms with Gasteiger partial charge >= 0.3 is 6.03 Å². The maximum absolute atomic E-state index is 11.5. The molecule has 0 fully saturated rings. The molecule has 0 spiro atoms. The number of hydrogen-bond acceptors (Lipinski definition) is 4. The summed E-state index contributed by atoms with van der Waals surface area (Å²) >= 11 is 11.6. The summed E-state index contributed by atoms with van der Waals surface area (Å²) in [5.74, 6) is 0. The molecule has 0 bridgehead atoms. The average molecular weight is 310 g/mol. The Hall–Kier alpha value is -2.18. The van der Waals surface area contributed by atoms with Crippen molar-refractivity contribution in [1.82, 2.24) is 9.97 Å². The number of carbonyl (C=O) groups excluding carboxylic acids is 1. The van der Waals surface area contributed by atoms with Crippen LogP contribution in [0, 0.1) is 0 Å². The number of pyridine rings is 2. The predicted octanol–water partition coefficient (Wildman–Crippen LogP) is 2.70. The number of amides is 2. The summed E-state index contributed by atoms with van der Waals surface area (Å²) in [6.07, 6.45) is 4.67. The van der Waals surface area contributed by atoms with Crippen molar-refractivity contribution >= 4 is 41.1 Å². The van der Waals surface area contributed by atoms with Crippen molar-refractivity contribution in [3.05, 3.63) is 52.5 Å². The van der Waals surface area contributed by atoms with Crippen LogP contribution < -0.4 is 10.7 Å². The zero-order chi connectivity index (χ0) is 14.5. The van der Waals surface area contributed by atoms with Crippen molar-refractivity contribution in [2.75, 3.05) is 5.01 Å². The van der Waals surface area contributed by atoms with E-state index in [1.165, 1.54) is 18.3 Å². The van der Waals surface area contributed by atoms with E-state index in [9.17, 15) is 4.79 Å². The molecule has 6 nitrogen and oxygen atoms in total. The van der Waals surface area contributed by atoms with Crippen LogP contribution in [0.15, 0.2) is 41.8 Å². The Kier molecular flexibility index (Phi) is 4.49. The number of urea groups is 1. The van der Waals surface area contributed by atoms with Crippen molar-refractivity contribution in [3.63, 3.8) is 0 Å². The van der Waals surface area contributed by atoms with Crippen LogP contribution in [0.25, 0.3) is 0 Å². The third-order valence-electron chi connectivity index (χ3n) is 2.21.